The van der Waals surface area contributed by atoms with E-state index in [9.17, 15) is 0 Å². The highest BCUT2D eigenvalue weighted by Crippen LogP contribution is 2.10. The summed E-state index contributed by atoms with van der Waals surface area (Å²) >= 11 is 1.79. The van der Waals surface area contributed by atoms with E-state index in [0.717, 1.165) is 42.3 Å². The predicted octanol–water partition coefficient (Wildman–Crippen LogP) is 4.74. The lowest BCUT2D eigenvalue weighted by Crippen LogP contribution is -2.05. The second-order valence-electron chi connectivity index (χ2n) is 5.01. The molecule has 0 unspecified atom stereocenters. The minimum absolute atomic E-state index is 0.628. The van der Waals surface area contributed by atoms with Crippen molar-refractivity contribution >= 4 is 23.9 Å². The number of hydrogen-bond donors (Lipinski definition) is 0. The van der Waals surface area contributed by atoms with Crippen LogP contribution in [0.5, 0.6) is 5.75 Å². The minimum atomic E-state index is 0.628. The Hall–Kier alpha value is -2.01. The van der Waals surface area contributed by atoms with Gasteiger partial charge in [-0.3, -0.25) is 0 Å². The Balaban J connectivity index is 2.13. The van der Waals surface area contributed by atoms with Crippen LogP contribution < -0.4 is 4.74 Å². The third-order valence-corrected chi connectivity index (χ3v) is 4.00. The van der Waals surface area contributed by atoms with Gasteiger partial charge < -0.3 is 9.47 Å². The number of allylic oxidation sites excluding steroid dienone is 3. The summed E-state index contributed by atoms with van der Waals surface area (Å²) < 4.78 is 10.9. The molecule has 4 nitrogen and oxygen atoms in total. The lowest BCUT2D eigenvalue weighted by Gasteiger charge is -2.06. The average molecular weight is 346 g/mol. The van der Waals surface area contributed by atoms with Crippen LogP contribution in [0.25, 0.3) is 0 Å². The molecule has 0 aromatic heterocycles. The van der Waals surface area contributed by atoms with Crippen LogP contribution in [0.1, 0.15) is 19.8 Å². The molecule has 0 aliphatic heterocycles. The molecule has 0 amide bonds. The highest BCUT2D eigenvalue weighted by molar-refractivity contribution is 7.99. The highest BCUT2D eigenvalue weighted by atomic mass is 32.2. The molecule has 1 aromatic carbocycles. The van der Waals surface area contributed by atoms with E-state index in [1.54, 1.807) is 31.2 Å². The molecule has 0 N–H and O–H groups in total. The monoisotopic (exact) mass is 346 g/mol. The van der Waals surface area contributed by atoms with Gasteiger partial charge in [0, 0.05) is 0 Å². The van der Waals surface area contributed by atoms with Gasteiger partial charge in [0.15, 0.2) is 0 Å². The van der Waals surface area contributed by atoms with Gasteiger partial charge in [0.05, 0.1) is 25.7 Å². The first-order valence-electron chi connectivity index (χ1n) is 7.95. The van der Waals surface area contributed by atoms with Crippen LogP contribution in [0.2, 0.25) is 0 Å². The number of para-hydroxylation sites is 1. The summed E-state index contributed by atoms with van der Waals surface area (Å²) in [6.45, 7) is 6.33. The third-order valence-electron chi connectivity index (χ3n) is 2.97. The molecule has 0 saturated carbocycles. The van der Waals surface area contributed by atoms with Crippen LogP contribution in [0.3, 0.4) is 0 Å². The maximum absolute atomic E-state index is 5.66. The molecule has 0 atom stereocenters. The number of methoxy groups -OCH3 is 1. The average Bonchev–Trinajstić information content (AvgIpc) is 2.60. The van der Waals surface area contributed by atoms with Gasteiger partial charge in [-0.15, -0.1) is 5.10 Å². The van der Waals surface area contributed by atoms with E-state index < -0.39 is 0 Å². The van der Waals surface area contributed by atoms with Gasteiger partial charge in [-0.05, 0) is 43.2 Å². The molecule has 5 heteroatoms. The lowest BCUT2D eigenvalue weighted by atomic mass is 10.3. The van der Waals surface area contributed by atoms with Gasteiger partial charge in [-0.1, -0.05) is 36.9 Å². The number of ether oxygens (including phenoxy) is 2. The first-order valence-corrected chi connectivity index (χ1v) is 9.10. The van der Waals surface area contributed by atoms with E-state index in [4.69, 9.17) is 9.47 Å². The largest absolute Gasteiger partial charge is 0.494 e. The molecular formula is C19H26N2O2S. The van der Waals surface area contributed by atoms with Gasteiger partial charge in [0.2, 0.25) is 5.90 Å². The highest BCUT2D eigenvalue weighted by Gasteiger charge is 1.99. The number of unbranched alkanes of at least 4 members (excludes halogenated alkanes) is 1. The van der Waals surface area contributed by atoms with Crippen molar-refractivity contribution in [2.75, 3.05) is 25.2 Å². The van der Waals surface area contributed by atoms with Crippen molar-refractivity contribution in [3.63, 3.8) is 0 Å². The smallest absolute Gasteiger partial charge is 0.218 e. The summed E-state index contributed by atoms with van der Waals surface area (Å²) in [5.74, 6) is 3.32. The van der Waals surface area contributed by atoms with Crippen molar-refractivity contribution in [3.05, 3.63) is 54.6 Å². The summed E-state index contributed by atoms with van der Waals surface area (Å²) in [6.07, 6.45) is 7.41. The third kappa shape index (κ3) is 9.90. The van der Waals surface area contributed by atoms with Crippen LogP contribution in [0, 0.1) is 0 Å². The van der Waals surface area contributed by atoms with Crippen molar-refractivity contribution in [2.24, 2.45) is 10.2 Å². The second kappa shape index (κ2) is 13.4. The van der Waals surface area contributed by atoms with Crippen LogP contribution >= 0.6 is 11.8 Å². The van der Waals surface area contributed by atoms with Crippen LogP contribution in [0.15, 0.2) is 64.8 Å². The maximum atomic E-state index is 5.66. The molecule has 1 rings (SSSR count). The van der Waals surface area contributed by atoms with Crippen molar-refractivity contribution in [1.82, 2.24) is 0 Å². The molecule has 0 heterocycles. The Morgan fingerprint density at radius 1 is 1.25 bits per heavy atom. The zero-order chi connectivity index (χ0) is 17.5. The molecule has 0 aliphatic rings. The van der Waals surface area contributed by atoms with Gasteiger partial charge in [-0.2, -0.15) is 16.9 Å². The molecule has 24 heavy (non-hydrogen) atoms. The molecule has 0 aliphatic carbocycles. The normalized spacial score (nSPS) is 12.4. The molecule has 130 valence electrons. The van der Waals surface area contributed by atoms with E-state index >= 15 is 0 Å². The summed E-state index contributed by atoms with van der Waals surface area (Å²) in [5, 5.41) is 8.09. The van der Waals surface area contributed by atoms with Crippen molar-refractivity contribution in [3.8, 4) is 5.75 Å². The minimum Gasteiger partial charge on any atom is -0.494 e. The van der Waals surface area contributed by atoms with Crippen molar-refractivity contribution in [2.45, 2.75) is 19.8 Å². The van der Waals surface area contributed by atoms with Crippen molar-refractivity contribution < 1.29 is 9.47 Å². The fraction of sp³-hybridized carbons (Fsp3) is 0.368. The van der Waals surface area contributed by atoms with E-state index in [0.29, 0.717) is 5.90 Å². The first kappa shape index (κ1) is 20.0. The Kier molecular flexibility index (Phi) is 11.2. The summed E-state index contributed by atoms with van der Waals surface area (Å²) in [7, 11) is 1.62. The van der Waals surface area contributed by atoms with E-state index in [1.165, 1.54) is 0 Å². The van der Waals surface area contributed by atoms with E-state index in [1.807, 2.05) is 43.3 Å². The van der Waals surface area contributed by atoms with Gasteiger partial charge in [0.25, 0.3) is 0 Å². The first-order chi connectivity index (χ1) is 11.8. The van der Waals surface area contributed by atoms with Crippen molar-refractivity contribution in [1.29, 1.82) is 0 Å². The quantitative estimate of drug-likeness (QED) is 0.191. The maximum Gasteiger partial charge on any atom is 0.218 e. The van der Waals surface area contributed by atoms with E-state index in [-0.39, 0.29) is 0 Å². The summed E-state index contributed by atoms with van der Waals surface area (Å²) in [6, 6.07) is 9.90. The zero-order valence-electron chi connectivity index (χ0n) is 14.5. The second-order valence-corrected chi connectivity index (χ2v) is 6.12. The Bertz CT molecular complexity index is 554. The number of nitrogens with zero attached hydrogens (tertiary/aromatic N) is 2. The number of thioether (sulfide) groups is 1. The van der Waals surface area contributed by atoms with Crippen LogP contribution in [-0.4, -0.2) is 37.3 Å². The number of benzene rings is 1. The topological polar surface area (TPSA) is 43.2 Å². The van der Waals surface area contributed by atoms with Gasteiger partial charge in [-0.25, -0.2) is 0 Å². The Labute approximate surface area is 149 Å². The fourth-order valence-electron chi connectivity index (χ4n) is 1.71. The van der Waals surface area contributed by atoms with Crippen LogP contribution in [-0.2, 0) is 4.74 Å². The number of hydrogen-bond acceptors (Lipinski definition) is 5. The molecule has 0 saturated heterocycles. The predicted molar refractivity (Wildman–Crippen MR) is 105 cm³/mol. The lowest BCUT2D eigenvalue weighted by molar-refractivity contribution is 0.310. The van der Waals surface area contributed by atoms with Gasteiger partial charge >= 0.3 is 0 Å². The number of rotatable bonds is 11. The Morgan fingerprint density at radius 3 is 2.75 bits per heavy atom. The SMILES string of the molecule is C=C/C=C(C)/C=N/N=C(/CSCCCCOc1ccccc1)OC. The summed E-state index contributed by atoms with van der Waals surface area (Å²) in [4.78, 5) is 0. The molecule has 0 bridgehead atoms. The van der Waals surface area contributed by atoms with Crippen LogP contribution in [0.4, 0.5) is 0 Å². The molecule has 0 radical (unpaired) electrons. The fourth-order valence-corrected chi connectivity index (χ4v) is 2.62. The standard InChI is InChI=1S/C19H26N2O2S/c1-4-10-17(2)15-20-21-19(22-3)16-24-14-9-8-13-23-18-11-6-5-7-12-18/h4-7,10-12,15H,1,8-9,13-14,16H2,2-3H3/b17-10+,20-15+,21-19-. The Morgan fingerprint density at radius 2 is 2.04 bits per heavy atom. The molecular weight excluding hydrogens is 320 g/mol. The molecule has 0 spiro atoms. The zero-order valence-corrected chi connectivity index (χ0v) is 15.3. The molecule has 0 fully saturated rings. The summed E-state index contributed by atoms with van der Waals surface area (Å²) in [5.41, 5.74) is 0.996. The van der Waals surface area contributed by atoms with E-state index in [2.05, 4.69) is 16.8 Å². The molecule has 1 aromatic rings. The van der Waals surface area contributed by atoms with Gasteiger partial charge in [0.1, 0.15) is 5.75 Å².